The monoisotopic (exact) mass is 592 g/mol. The van der Waals surface area contributed by atoms with Crippen LogP contribution in [0.1, 0.15) is 23.4 Å². The van der Waals surface area contributed by atoms with Crippen molar-refractivity contribution in [3.8, 4) is 5.75 Å². The molecule has 0 bridgehead atoms. The molecule has 3 aromatic rings. The van der Waals surface area contributed by atoms with Crippen molar-refractivity contribution >= 4 is 31.3 Å². The summed E-state index contributed by atoms with van der Waals surface area (Å²) in [5.74, 6) is -0.516. The summed E-state index contributed by atoms with van der Waals surface area (Å²) in [5.41, 5.74) is 6.45. The Bertz CT molecular complexity index is 1410. The minimum atomic E-state index is -4.26. The molecule has 0 spiro atoms. The molecule has 214 valence electrons. The maximum Gasteiger partial charge on any atom is 0.459 e. The highest BCUT2D eigenvalue weighted by atomic mass is 32.2. The van der Waals surface area contributed by atoms with Crippen LogP contribution in [0.15, 0.2) is 71.7 Å². The topological polar surface area (TPSA) is 155 Å². The van der Waals surface area contributed by atoms with Crippen LogP contribution in [0, 0.1) is 6.92 Å². The van der Waals surface area contributed by atoms with E-state index >= 15 is 4.39 Å². The molecule has 14 heteroatoms. The van der Waals surface area contributed by atoms with E-state index in [1.165, 1.54) is 19.2 Å². The third-order valence-corrected chi connectivity index (χ3v) is 9.18. The molecular weight excluding hydrogens is 562 g/mol. The average Bonchev–Trinajstić information content (AvgIpc) is 3.21. The van der Waals surface area contributed by atoms with Gasteiger partial charge >= 0.3 is 19.4 Å². The molecule has 1 fully saturated rings. The number of carbonyl (C=O) groups excluding carboxylic acids is 1. The van der Waals surface area contributed by atoms with Gasteiger partial charge in [-0.1, -0.05) is 48.0 Å². The lowest BCUT2D eigenvalue weighted by Gasteiger charge is -2.24. The molecule has 6 atom stereocenters. The molecule has 4 N–H and O–H groups in total. The lowest BCUT2D eigenvalue weighted by Crippen LogP contribution is -2.36. The number of ether oxygens (including phenoxy) is 1. The Labute approximate surface area is 234 Å². The molecular formula is C26H30FN4O7PS. The summed E-state index contributed by atoms with van der Waals surface area (Å²) in [6, 6.07) is 15.9. The average molecular weight is 593 g/mol. The molecule has 0 saturated carbocycles. The number of hydrogen-bond donors (Lipinski definition) is 3. The van der Waals surface area contributed by atoms with E-state index in [1.54, 1.807) is 36.4 Å². The van der Waals surface area contributed by atoms with Gasteiger partial charge in [0.25, 0.3) is 0 Å². The summed E-state index contributed by atoms with van der Waals surface area (Å²) in [4.78, 5) is 28.5. The van der Waals surface area contributed by atoms with Crippen molar-refractivity contribution in [1.82, 2.24) is 14.6 Å². The molecule has 1 aliphatic heterocycles. The van der Waals surface area contributed by atoms with Gasteiger partial charge in [-0.15, -0.1) is 11.8 Å². The second kappa shape index (κ2) is 13.0. The summed E-state index contributed by atoms with van der Waals surface area (Å²) < 4.78 is 46.5. The largest absolute Gasteiger partial charge is 0.460 e. The fraction of sp³-hybridized carbons (Fsp3) is 0.346. The highest BCUT2D eigenvalue weighted by molar-refractivity contribution is 8.00. The molecule has 2 heterocycles. The van der Waals surface area contributed by atoms with Gasteiger partial charge in [0, 0.05) is 6.20 Å². The van der Waals surface area contributed by atoms with Crippen LogP contribution < -0.4 is 21.0 Å². The van der Waals surface area contributed by atoms with Crippen LogP contribution in [0.25, 0.3) is 0 Å². The number of alkyl halides is 1. The van der Waals surface area contributed by atoms with Crippen LogP contribution >= 0.6 is 19.5 Å². The number of aromatic nitrogens is 2. The van der Waals surface area contributed by atoms with E-state index in [0.717, 1.165) is 27.5 Å². The van der Waals surface area contributed by atoms with Gasteiger partial charge in [0.2, 0.25) is 0 Å². The first-order valence-electron chi connectivity index (χ1n) is 12.4. The fourth-order valence-electron chi connectivity index (χ4n) is 3.83. The number of rotatable bonds is 11. The summed E-state index contributed by atoms with van der Waals surface area (Å²) in [5, 5.41) is 11.1. The Morgan fingerprint density at radius 3 is 2.60 bits per heavy atom. The van der Waals surface area contributed by atoms with Crippen molar-refractivity contribution in [2.75, 3.05) is 12.3 Å². The molecule has 40 heavy (non-hydrogen) atoms. The number of aliphatic hydroxyl groups is 1. The van der Waals surface area contributed by atoms with Gasteiger partial charge < -0.3 is 20.1 Å². The van der Waals surface area contributed by atoms with Crippen molar-refractivity contribution in [1.29, 1.82) is 0 Å². The van der Waals surface area contributed by atoms with Gasteiger partial charge in [-0.2, -0.15) is 10.1 Å². The minimum Gasteiger partial charge on any atom is -0.460 e. The molecule has 1 aromatic heterocycles. The van der Waals surface area contributed by atoms with Crippen LogP contribution in [-0.4, -0.2) is 50.8 Å². The Morgan fingerprint density at radius 1 is 1.23 bits per heavy atom. The number of aryl methyl sites for hydroxylation is 1. The normalized spacial score (nSPS) is 22.8. The van der Waals surface area contributed by atoms with Gasteiger partial charge in [-0.05, 0) is 37.6 Å². The number of anilines is 1. The minimum absolute atomic E-state index is 0.0131. The number of nitrogens with two attached hydrogens (primary N) is 1. The Balaban J connectivity index is 1.46. The molecule has 4 rings (SSSR count). The zero-order valence-corrected chi connectivity index (χ0v) is 23.5. The molecule has 0 radical (unpaired) electrons. The molecule has 11 nitrogen and oxygen atoms in total. The van der Waals surface area contributed by atoms with Gasteiger partial charge in [0.15, 0.2) is 6.17 Å². The molecule has 1 unspecified atom stereocenters. The summed E-state index contributed by atoms with van der Waals surface area (Å²) >= 11 is 0.916. The highest BCUT2D eigenvalue weighted by Crippen LogP contribution is 2.49. The lowest BCUT2D eigenvalue weighted by molar-refractivity contribution is -0.146. The molecule has 0 aliphatic carbocycles. The number of halogens is 1. The Morgan fingerprint density at radius 2 is 1.93 bits per heavy atom. The van der Waals surface area contributed by atoms with Crippen LogP contribution in [0.3, 0.4) is 0 Å². The van der Waals surface area contributed by atoms with Gasteiger partial charge in [0.1, 0.15) is 35.7 Å². The number of nitrogens with one attached hydrogen (secondary N) is 1. The van der Waals surface area contributed by atoms with Crippen molar-refractivity contribution in [2.24, 2.45) is 0 Å². The third kappa shape index (κ3) is 7.49. The van der Waals surface area contributed by atoms with Gasteiger partial charge in [0.05, 0.1) is 11.9 Å². The second-order valence-corrected chi connectivity index (χ2v) is 12.2. The standard InChI is InChI=1S/C26H30FN4O7PS/c1-16-8-10-19(11-9-16)38-39(35,30-17(2)25(33)36-14-18-6-4-3-5-7-18)37-15-20-23(32)22(27)24(40-20)31-13-12-21(28)29-26(31)34/h3-13,17,20,22-24,32H,14-15H2,1-2H3,(H,30,35)(H2,28,29,34)/t17-,20+,22-,23+,24+,39?/m0/s1. The molecule has 0 amide bonds. The second-order valence-electron chi connectivity index (χ2n) is 9.18. The first-order valence-corrected chi connectivity index (χ1v) is 14.8. The fourth-order valence-corrected chi connectivity index (χ4v) is 6.86. The van der Waals surface area contributed by atoms with E-state index in [4.69, 9.17) is 19.5 Å². The van der Waals surface area contributed by atoms with E-state index in [9.17, 15) is 19.3 Å². The van der Waals surface area contributed by atoms with Crippen molar-refractivity contribution in [3.63, 3.8) is 0 Å². The van der Waals surface area contributed by atoms with E-state index in [1.807, 2.05) is 25.1 Å². The summed E-state index contributed by atoms with van der Waals surface area (Å²) in [6.45, 7) is 2.89. The number of esters is 1. The number of carbonyl (C=O) groups is 1. The summed E-state index contributed by atoms with van der Waals surface area (Å²) in [7, 11) is -4.26. The van der Waals surface area contributed by atoms with Crippen molar-refractivity contribution < 1.29 is 32.6 Å². The first-order chi connectivity index (χ1) is 19.0. The smallest absolute Gasteiger partial charge is 0.459 e. The van der Waals surface area contributed by atoms with Crippen LogP contribution in [0.2, 0.25) is 0 Å². The van der Waals surface area contributed by atoms with E-state index in [0.29, 0.717) is 0 Å². The maximum absolute atomic E-state index is 15.0. The number of nitrogen functional groups attached to an aromatic ring is 1. The number of benzene rings is 2. The Hall–Kier alpha value is -3.22. The highest BCUT2D eigenvalue weighted by Gasteiger charge is 2.46. The first kappa shape index (κ1) is 29.8. The number of nitrogens with zero attached hydrogens (tertiary/aromatic N) is 2. The lowest BCUT2D eigenvalue weighted by atomic mass is 10.1. The third-order valence-electron chi connectivity index (χ3n) is 6.00. The van der Waals surface area contributed by atoms with Crippen molar-refractivity contribution in [3.05, 3.63) is 88.5 Å². The predicted molar refractivity (Wildman–Crippen MR) is 148 cm³/mol. The van der Waals surface area contributed by atoms with Crippen LogP contribution in [0.4, 0.5) is 10.2 Å². The number of thioether (sulfide) groups is 1. The van der Waals surface area contributed by atoms with Crippen molar-refractivity contribution in [2.45, 2.75) is 49.4 Å². The van der Waals surface area contributed by atoms with Crippen LogP contribution in [0.5, 0.6) is 5.75 Å². The van der Waals surface area contributed by atoms with E-state index in [2.05, 4.69) is 10.1 Å². The van der Waals surface area contributed by atoms with E-state index in [-0.39, 0.29) is 18.2 Å². The maximum atomic E-state index is 15.0. The van der Waals surface area contributed by atoms with E-state index < -0.39 is 55.0 Å². The molecule has 1 aliphatic rings. The predicted octanol–water partition coefficient (Wildman–Crippen LogP) is 3.37. The quantitative estimate of drug-likeness (QED) is 0.222. The number of hydrogen-bond acceptors (Lipinski definition) is 10. The van der Waals surface area contributed by atoms with Gasteiger partial charge in [-0.3, -0.25) is 13.9 Å². The summed E-state index contributed by atoms with van der Waals surface area (Å²) in [6.07, 6.45) is -2.11. The SMILES string of the molecule is Cc1ccc(OP(=O)(N[C@@H](C)C(=O)OCc2ccccc2)OC[C@H]2S[C@@H](n3ccc(N)nc3=O)[C@@H](F)[C@@H]2O)cc1. The molecule has 2 aromatic carbocycles. The zero-order valence-electron chi connectivity index (χ0n) is 21.8. The van der Waals surface area contributed by atoms with Gasteiger partial charge in [-0.25, -0.2) is 13.8 Å². The zero-order chi connectivity index (χ0) is 28.9. The number of aliphatic hydroxyl groups excluding tert-OH is 1. The molecule has 1 saturated heterocycles. The van der Waals surface area contributed by atoms with Crippen LogP contribution in [-0.2, 0) is 25.2 Å². The Kier molecular flexibility index (Phi) is 9.64.